The van der Waals surface area contributed by atoms with Gasteiger partial charge in [-0.05, 0) is 38.3 Å². The molecule has 4 rings (SSSR count). The lowest BCUT2D eigenvalue weighted by Gasteiger charge is -2.45. The van der Waals surface area contributed by atoms with Crippen LogP contribution >= 0.6 is 0 Å². The van der Waals surface area contributed by atoms with Gasteiger partial charge in [0.05, 0.1) is 6.61 Å². The quantitative estimate of drug-likeness (QED) is 0.846. The third-order valence-corrected chi connectivity index (χ3v) is 4.27. The molecule has 6 heteroatoms. The lowest BCUT2D eigenvalue weighted by Crippen LogP contribution is -2.53. The molecule has 110 valence electrons. The SMILES string of the molecule is CCCOc1ncnc(NC2CN3CCC2CC3)c1N. The van der Waals surface area contributed by atoms with Crippen LogP contribution in [0.1, 0.15) is 26.2 Å². The first kappa shape index (κ1) is 13.4. The van der Waals surface area contributed by atoms with Gasteiger partial charge in [-0.25, -0.2) is 4.98 Å². The fraction of sp³-hybridized carbons (Fsp3) is 0.714. The first-order valence-electron chi connectivity index (χ1n) is 7.50. The molecule has 1 aromatic heterocycles. The summed E-state index contributed by atoms with van der Waals surface area (Å²) < 4.78 is 5.55. The summed E-state index contributed by atoms with van der Waals surface area (Å²) in [6, 6.07) is 0.439. The van der Waals surface area contributed by atoms with Crippen molar-refractivity contribution < 1.29 is 4.74 Å². The lowest BCUT2D eigenvalue weighted by molar-refractivity contribution is 0.0974. The van der Waals surface area contributed by atoms with Gasteiger partial charge in [0, 0.05) is 12.6 Å². The maximum absolute atomic E-state index is 6.11. The first-order valence-corrected chi connectivity index (χ1v) is 7.50. The van der Waals surface area contributed by atoms with Crippen LogP contribution in [-0.4, -0.2) is 47.2 Å². The normalized spacial score (nSPS) is 28.4. The standard InChI is InChI=1S/C14H23N5O/c1-2-7-20-14-12(15)13(16-9-17-14)18-11-8-19-5-3-10(11)4-6-19/h9-11H,2-8,15H2,1H3,(H,16,17,18). The number of ether oxygens (including phenoxy) is 1. The molecule has 3 fully saturated rings. The molecule has 0 saturated carbocycles. The van der Waals surface area contributed by atoms with Crippen molar-refractivity contribution in [1.82, 2.24) is 14.9 Å². The predicted octanol–water partition coefficient (Wildman–Crippen LogP) is 1.35. The molecule has 0 amide bonds. The number of nitrogens with one attached hydrogen (secondary N) is 1. The first-order chi connectivity index (χ1) is 9.78. The minimum atomic E-state index is 0.439. The minimum absolute atomic E-state index is 0.439. The van der Waals surface area contributed by atoms with E-state index in [-0.39, 0.29) is 0 Å². The Kier molecular flexibility index (Phi) is 3.91. The summed E-state index contributed by atoms with van der Waals surface area (Å²) in [7, 11) is 0. The molecule has 6 nitrogen and oxygen atoms in total. The highest BCUT2D eigenvalue weighted by Crippen LogP contribution is 2.32. The number of nitrogens with two attached hydrogens (primary N) is 1. The average Bonchev–Trinajstić information content (AvgIpc) is 2.49. The van der Waals surface area contributed by atoms with Crippen molar-refractivity contribution in [1.29, 1.82) is 0 Å². The molecule has 0 aliphatic carbocycles. The number of rotatable bonds is 5. The molecule has 2 bridgehead atoms. The number of nitrogens with zero attached hydrogens (tertiary/aromatic N) is 3. The number of hydrogen-bond acceptors (Lipinski definition) is 6. The van der Waals surface area contributed by atoms with Crippen molar-refractivity contribution in [3.63, 3.8) is 0 Å². The Morgan fingerprint density at radius 3 is 2.85 bits per heavy atom. The number of fused-ring (bicyclic) bond motifs is 3. The molecule has 4 heterocycles. The Bertz CT molecular complexity index is 459. The molecule has 3 aliphatic rings. The zero-order valence-electron chi connectivity index (χ0n) is 12.0. The van der Waals surface area contributed by atoms with Gasteiger partial charge in [0.15, 0.2) is 5.82 Å². The molecule has 1 unspecified atom stereocenters. The van der Waals surface area contributed by atoms with E-state index in [9.17, 15) is 0 Å². The summed E-state index contributed by atoms with van der Waals surface area (Å²) in [4.78, 5) is 10.9. The lowest BCUT2D eigenvalue weighted by atomic mass is 9.84. The largest absolute Gasteiger partial charge is 0.476 e. The Morgan fingerprint density at radius 1 is 1.40 bits per heavy atom. The summed E-state index contributed by atoms with van der Waals surface area (Å²) in [6.07, 6.45) is 4.99. The van der Waals surface area contributed by atoms with E-state index in [1.165, 1.54) is 32.3 Å². The molecule has 3 aliphatic heterocycles. The average molecular weight is 277 g/mol. The van der Waals surface area contributed by atoms with E-state index in [1.54, 1.807) is 0 Å². The van der Waals surface area contributed by atoms with Crippen LogP contribution in [-0.2, 0) is 0 Å². The van der Waals surface area contributed by atoms with Crippen LogP contribution in [0.4, 0.5) is 11.5 Å². The molecule has 0 radical (unpaired) electrons. The van der Waals surface area contributed by atoms with Crippen LogP contribution in [0.2, 0.25) is 0 Å². The van der Waals surface area contributed by atoms with Gasteiger partial charge in [0.1, 0.15) is 12.0 Å². The topological polar surface area (TPSA) is 76.3 Å². The molecule has 0 aromatic carbocycles. The van der Waals surface area contributed by atoms with Gasteiger partial charge in [-0.2, -0.15) is 4.98 Å². The van der Waals surface area contributed by atoms with Crippen LogP contribution in [0.25, 0.3) is 0 Å². The number of aromatic nitrogens is 2. The fourth-order valence-electron chi connectivity index (χ4n) is 3.11. The van der Waals surface area contributed by atoms with Crippen molar-refractivity contribution in [2.45, 2.75) is 32.2 Å². The second kappa shape index (κ2) is 5.83. The third kappa shape index (κ3) is 2.65. The molecule has 0 spiro atoms. The second-order valence-electron chi connectivity index (χ2n) is 5.68. The Morgan fingerprint density at radius 2 is 2.20 bits per heavy atom. The second-order valence-corrected chi connectivity index (χ2v) is 5.68. The number of nitrogen functional groups attached to an aromatic ring is 1. The van der Waals surface area contributed by atoms with E-state index in [4.69, 9.17) is 10.5 Å². The summed E-state index contributed by atoms with van der Waals surface area (Å²) in [5, 5.41) is 3.50. The van der Waals surface area contributed by atoms with Crippen LogP contribution in [0, 0.1) is 5.92 Å². The van der Waals surface area contributed by atoms with E-state index in [0.29, 0.717) is 30.0 Å². The Hall–Kier alpha value is -1.56. The smallest absolute Gasteiger partial charge is 0.242 e. The van der Waals surface area contributed by atoms with Gasteiger partial charge in [0.2, 0.25) is 5.88 Å². The number of piperidine rings is 3. The van der Waals surface area contributed by atoms with Crippen molar-refractivity contribution in [2.75, 3.05) is 37.3 Å². The van der Waals surface area contributed by atoms with Crippen LogP contribution in [0.5, 0.6) is 5.88 Å². The summed E-state index contributed by atoms with van der Waals surface area (Å²) in [6.45, 7) is 6.23. The predicted molar refractivity (Wildman–Crippen MR) is 78.8 cm³/mol. The highest BCUT2D eigenvalue weighted by molar-refractivity contribution is 5.66. The summed E-state index contributed by atoms with van der Waals surface area (Å²) in [5.74, 6) is 1.94. The van der Waals surface area contributed by atoms with Gasteiger partial charge in [-0.1, -0.05) is 6.92 Å². The maximum Gasteiger partial charge on any atom is 0.242 e. The van der Waals surface area contributed by atoms with Crippen LogP contribution < -0.4 is 15.8 Å². The van der Waals surface area contributed by atoms with Crippen LogP contribution in [0.15, 0.2) is 6.33 Å². The van der Waals surface area contributed by atoms with Gasteiger partial charge in [-0.15, -0.1) is 0 Å². The highest BCUT2D eigenvalue weighted by atomic mass is 16.5. The summed E-state index contributed by atoms with van der Waals surface area (Å²) >= 11 is 0. The van der Waals surface area contributed by atoms with Gasteiger partial charge >= 0.3 is 0 Å². The maximum atomic E-state index is 6.11. The van der Waals surface area contributed by atoms with E-state index < -0.39 is 0 Å². The van der Waals surface area contributed by atoms with Crippen LogP contribution in [0.3, 0.4) is 0 Å². The third-order valence-electron chi connectivity index (χ3n) is 4.27. The van der Waals surface area contributed by atoms with Crippen molar-refractivity contribution in [2.24, 2.45) is 5.92 Å². The fourth-order valence-corrected chi connectivity index (χ4v) is 3.11. The van der Waals surface area contributed by atoms with E-state index in [2.05, 4.69) is 27.1 Å². The van der Waals surface area contributed by atoms with E-state index >= 15 is 0 Å². The summed E-state index contributed by atoms with van der Waals surface area (Å²) in [5.41, 5.74) is 6.64. The van der Waals surface area contributed by atoms with Crippen molar-refractivity contribution >= 4 is 11.5 Å². The Labute approximate surface area is 119 Å². The van der Waals surface area contributed by atoms with Crippen molar-refractivity contribution in [3.8, 4) is 5.88 Å². The molecule has 3 saturated heterocycles. The number of anilines is 2. The van der Waals surface area contributed by atoms with Gasteiger partial charge < -0.3 is 20.7 Å². The zero-order valence-corrected chi connectivity index (χ0v) is 12.0. The number of hydrogen-bond donors (Lipinski definition) is 2. The van der Waals surface area contributed by atoms with E-state index in [1.807, 2.05) is 0 Å². The molecular weight excluding hydrogens is 254 g/mol. The molecular formula is C14H23N5O. The molecule has 1 aromatic rings. The van der Waals surface area contributed by atoms with Gasteiger partial charge in [0.25, 0.3) is 0 Å². The molecule has 3 N–H and O–H groups in total. The highest BCUT2D eigenvalue weighted by Gasteiger charge is 2.34. The monoisotopic (exact) mass is 277 g/mol. The minimum Gasteiger partial charge on any atom is -0.476 e. The van der Waals surface area contributed by atoms with Gasteiger partial charge in [-0.3, -0.25) is 0 Å². The molecule has 1 atom stereocenters. The van der Waals surface area contributed by atoms with Crippen molar-refractivity contribution in [3.05, 3.63) is 6.33 Å². The van der Waals surface area contributed by atoms with E-state index in [0.717, 1.165) is 18.9 Å². The molecule has 20 heavy (non-hydrogen) atoms. The Balaban J connectivity index is 1.71. The zero-order chi connectivity index (χ0) is 13.9.